The maximum absolute atomic E-state index is 11.3. The Morgan fingerprint density at radius 3 is 2.93 bits per heavy atom. The van der Waals surface area contributed by atoms with E-state index in [1.165, 1.54) is 10.5 Å². The molecule has 1 saturated heterocycles. The van der Waals surface area contributed by atoms with Gasteiger partial charge in [0.2, 0.25) is 0 Å². The lowest BCUT2D eigenvalue weighted by atomic mass is 9.88. The number of esters is 1. The predicted molar refractivity (Wildman–Crippen MR) is 58.8 cm³/mol. The van der Waals surface area contributed by atoms with Crippen molar-refractivity contribution >= 4 is 17.7 Å². The molecule has 2 aliphatic rings. The van der Waals surface area contributed by atoms with Crippen LogP contribution >= 0.6 is 11.8 Å². The summed E-state index contributed by atoms with van der Waals surface area (Å²) in [5.41, 5.74) is 0.922. The third-order valence-corrected chi connectivity index (χ3v) is 4.26. The third-order valence-electron chi connectivity index (χ3n) is 3.18. The van der Waals surface area contributed by atoms with E-state index in [1.54, 1.807) is 0 Å². The quantitative estimate of drug-likeness (QED) is 0.629. The second-order valence-electron chi connectivity index (χ2n) is 4.06. The van der Waals surface area contributed by atoms with Crippen molar-refractivity contribution in [1.29, 1.82) is 0 Å². The van der Waals surface area contributed by atoms with Crippen LogP contribution in [0, 0.1) is 0 Å². The molecule has 0 saturated carbocycles. The Labute approximate surface area is 93.0 Å². The summed E-state index contributed by atoms with van der Waals surface area (Å²) >= 11 is 1.86. The van der Waals surface area contributed by atoms with Crippen molar-refractivity contribution in [3.63, 3.8) is 0 Å². The van der Waals surface area contributed by atoms with Gasteiger partial charge in [0.25, 0.3) is 0 Å². The van der Waals surface area contributed by atoms with E-state index in [0.717, 1.165) is 18.6 Å². The van der Waals surface area contributed by atoms with Gasteiger partial charge in [-0.2, -0.15) is 0 Å². The number of hydrogen-bond donors (Lipinski definition) is 0. The molecule has 2 aliphatic heterocycles. The Morgan fingerprint density at radius 1 is 1.27 bits per heavy atom. The zero-order valence-electron chi connectivity index (χ0n) is 8.36. The molecule has 1 aromatic carbocycles. The molecule has 0 radical (unpaired) electrons. The molecule has 3 heteroatoms. The molecule has 1 unspecified atom stereocenters. The fraction of sp³-hybridized carbons (Fsp3) is 0.417. The summed E-state index contributed by atoms with van der Waals surface area (Å²) in [7, 11) is 0. The number of ether oxygens (including phenoxy) is 1. The molecule has 78 valence electrons. The summed E-state index contributed by atoms with van der Waals surface area (Å²) in [6, 6.07) is 8.29. The monoisotopic (exact) mass is 220 g/mol. The summed E-state index contributed by atoms with van der Waals surface area (Å²) in [5.74, 6) is 1.00. The van der Waals surface area contributed by atoms with E-state index in [-0.39, 0.29) is 11.6 Å². The maximum Gasteiger partial charge on any atom is 0.306 e. The van der Waals surface area contributed by atoms with Gasteiger partial charge in [-0.25, -0.2) is 0 Å². The summed E-state index contributed by atoms with van der Waals surface area (Å²) < 4.78 is 5.56. The van der Waals surface area contributed by atoms with Crippen LogP contribution in [-0.4, -0.2) is 11.7 Å². The number of carbonyl (C=O) groups is 1. The fourth-order valence-electron chi connectivity index (χ4n) is 2.42. The van der Waals surface area contributed by atoms with Crippen LogP contribution in [-0.2, 0) is 15.1 Å². The Bertz CT molecular complexity index is 416. The molecule has 2 heterocycles. The fourth-order valence-corrected chi connectivity index (χ4v) is 3.66. The van der Waals surface area contributed by atoms with Crippen LogP contribution in [0.15, 0.2) is 29.2 Å². The molecule has 0 aliphatic carbocycles. The van der Waals surface area contributed by atoms with Gasteiger partial charge in [-0.1, -0.05) is 18.2 Å². The van der Waals surface area contributed by atoms with Crippen LogP contribution < -0.4 is 0 Å². The minimum atomic E-state index is -0.293. The second-order valence-corrected chi connectivity index (χ2v) is 5.20. The summed E-state index contributed by atoms with van der Waals surface area (Å²) in [6.07, 6.45) is 2.38. The zero-order chi connectivity index (χ0) is 10.3. The molecule has 0 amide bonds. The van der Waals surface area contributed by atoms with Crippen molar-refractivity contribution in [3.05, 3.63) is 29.8 Å². The highest BCUT2D eigenvalue weighted by Crippen LogP contribution is 2.48. The first-order chi connectivity index (χ1) is 7.30. The van der Waals surface area contributed by atoms with Crippen molar-refractivity contribution in [1.82, 2.24) is 0 Å². The summed E-state index contributed by atoms with van der Waals surface area (Å²) in [5, 5.41) is 0. The number of carbonyl (C=O) groups excluding carboxylic acids is 1. The van der Waals surface area contributed by atoms with E-state index < -0.39 is 0 Å². The molecule has 2 nitrogen and oxygen atoms in total. The van der Waals surface area contributed by atoms with Crippen LogP contribution in [0.1, 0.15) is 24.8 Å². The third kappa shape index (κ3) is 1.37. The number of benzene rings is 1. The number of fused-ring (bicyclic) bond motifs is 2. The van der Waals surface area contributed by atoms with Crippen molar-refractivity contribution in [3.8, 4) is 0 Å². The Morgan fingerprint density at radius 2 is 2.13 bits per heavy atom. The molecule has 0 bridgehead atoms. The highest BCUT2D eigenvalue weighted by molar-refractivity contribution is 7.99. The standard InChI is InChI=1S/C12H12O2S/c13-11-5-6-12(14-11)7-8-15-10-4-2-1-3-9(10)12/h1-4H,5-8H2. The number of thioether (sulfide) groups is 1. The Balaban J connectivity index is 2.09. The summed E-state index contributed by atoms with van der Waals surface area (Å²) in [4.78, 5) is 12.6. The van der Waals surface area contributed by atoms with Gasteiger partial charge >= 0.3 is 5.97 Å². The van der Waals surface area contributed by atoms with Gasteiger partial charge in [0.1, 0.15) is 5.60 Å². The first-order valence-electron chi connectivity index (χ1n) is 5.24. The molecular weight excluding hydrogens is 208 g/mol. The predicted octanol–water partition coefficient (Wildman–Crippen LogP) is 2.71. The highest BCUT2D eigenvalue weighted by Gasteiger charge is 2.44. The largest absolute Gasteiger partial charge is 0.454 e. The molecule has 0 aromatic heterocycles. The van der Waals surface area contributed by atoms with Crippen LogP contribution in [0.5, 0.6) is 0 Å². The van der Waals surface area contributed by atoms with Crippen LogP contribution in [0.25, 0.3) is 0 Å². The highest BCUT2D eigenvalue weighted by atomic mass is 32.2. The normalized spacial score (nSPS) is 28.9. The molecular formula is C12H12O2S. The van der Waals surface area contributed by atoms with E-state index in [1.807, 2.05) is 23.9 Å². The minimum Gasteiger partial charge on any atom is -0.454 e. The molecule has 3 rings (SSSR count). The van der Waals surface area contributed by atoms with Gasteiger partial charge in [-0.3, -0.25) is 4.79 Å². The van der Waals surface area contributed by atoms with E-state index in [2.05, 4.69) is 12.1 Å². The molecule has 1 fully saturated rings. The lowest BCUT2D eigenvalue weighted by Gasteiger charge is -2.33. The molecule has 1 atom stereocenters. The van der Waals surface area contributed by atoms with Gasteiger partial charge in [0, 0.05) is 35.5 Å². The average Bonchev–Trinajstić information content (AvgIpc) is 2.62. The van der Waals surface area contributed by atoms with Gasteiger partial charge < -0.3 is 4.74 Å². The molecule has 1 aromatic rings. The first-order valence-corrected chi connectivity index (χ1v) is 6.23. The molecule has 0 N–H and O–H groups in total. The lowest BCUT2D eigenvalue weighted by molar-refractivity contribution is -0.149. The van der Waals surface area contributed by atoms with E-state index in [9.17, 15) is 4.79 Å². The van der Waals surface area contributed by atoms with E-state index in [0.29, 0.717) is 6.42 Å². The topological polar surface area (TPSA) is 26.3 Å². The van der Waals surface area contributed by atoms with Crippen LogP contribution in [0.4, 0.5) is 0 Å². The molecule has 15 heavy (non-hydrogen) atoms. The summed E-state index contributed by atoms with van der Waals surface area (Å²) in [6.45, 7) is 0. The van der Waals surface area contributed by atoms with Crippen molar-refractivity contribution < 1.29 is 9.53 Å². The maximum atomic E-state index is 11.3. The van der Waals surface area contributed by atoms with Crippen molar-refractivity contribution in [2.45, 2.75) is 29.8 Å². The van der Waals surface area contributed by atoms with Crippen LogP contribution in [0.2, 0.25) is 0 Å². The lowest BCUT2D eigenvalue weighted by Crippen LogP contribution is -2.29. The van der Waals surface area contributed by atoms with E-state index >= 15 is 0 Å². The van der Waals surface area contributed by atoms with Gasteiger partial charge in [-0.05, 0) is 6.07 Å². The SMILES string of the molecule is O=C1CCC2(CCSc3ccccc32)O1. The smallest absolute Gasteiger partial charge is 0.306 e. The van der Waals surface area contributed by atoms with Gasteiger partial charge in [-0.15, -0.1) is 11.8 Å². The van der Waals surface area contributed by atoms with Gasteiger partial charge in [0.05, 0.1) is 0 Å². The number of hydrogen-bond acceptors (Lipinski definition) is 3. The minimum absolute atomic E-state index is 0.0447. The van der Waals surface area contributed by atoms with Crippen LogP contribution in [0.3, 0.4) is 0 Å². The zero-order valence-corrected chi connectivity index (χ0v) is 9.18. The number of rotatable bonds is 0. The van der Waals surface area contributed by atoms with Crippen molar-refractivity contribution in [2.24, 2.45) is 0 Å². The first kappa shape index (κ1) is 9.28. The van der Waals surface area contributed by atoms with Crippen molar-refractivity contribution in [2.75, 3.05) is 5.75 Å². The van der Waals surface area contributed by atoms with E-state index in [4.69, 9.17) is 4.74 Å². The Hall–Kier alpha value is -0.960. The molecule has 1 spiro atoms. The second kappa shape index (κ2) is 3.27. The average molecular weight is 220 g/mol. The Kier molecular flexibility index (Phi) is 2.02. The van der Waals surface area contributed by atoms with Gasteiger partial charge in [0.15, 0.2) is 0 Å².